The number of anilines is 1. The molecule has 5 nitrogen and oxygen atoms in total. The van der Waals surface area contributed by atoms with E-state index in [9.17, 15) is 0 Å². The highest BCUT2D eigenvalue weighted by Crippen LogP contribution is 1.97. The maximum Gasteiger partial charge on any atom is 0.222 e. The van der Waals surface area contributed by atoms with Gasteiger partial charge in [-0.25, -0.2) is 9.97 Å². The van der Waals surface area contributed by atoms with Crippen LogP contribution in [-0.2, 0) is 4.74 Å². The average Bonchev–Trinajstić information content (AvgIpc) is 2.32. The first-order chi connectivity index (χ1) is 7.45. The van der Waals surface area contributed by atoms with Crippen LogP contribution in [0, 0.1) is 6.07 Å². The van der Waals surface area contributed by atoms with Crippen molar-refractivity contribution >= 4 is 5.95 Å². The molecule has 0 aliphatic carbocycles. The first kappa shape index (κ1) is 10.3. The number of nitrogens with zero attached hydrogens (tertiary/aromatic N) is 3. The lowest BCUT2D eigenvalue weighted by molar-refractivity contribution is 0.0398. The monoisotopic (exact) mass is 207 g/mol. The molecule has 1 aliphatic rings. The van der Waals surface area contributed by atoms with E-state index < -0.39 is 0 Å². The zero-order valence-electron chi connectivity index (χ0n) is 8.65. The third-order valence-electron chi connectivity index (χ3n) is 2.34. The lowest BCUT2D eigenvalue weighted by Gasteiger charge is -2.26. The van der Waals surface area contributed by atoms with Crippen LogP contribution in [-0.4, -0.2) is 54.3 Å². The number of rotatable bonds is 4. The first-order valence-electron chi connectivity index (χ1n) is 5.17. The minimum atomic E-state index is 0.669. The molecule has 15 heavy (non-hydrogen) atoms. The SMILES string of the molecule is [c]1cnc(NCCN2CCOCC2)nc1. The van der Waals surface area contributed by atoms with Gasteiger partial charge in [-0.15, -0.1) is 0 Å². The Balaban J connectivity index is 1.66. The van der Waals surface area contributed by atoms with Gasteiger partial charge >= 0.3 is 0 Å². The molecular formula is C10H15N4O. The Labute approximate surface area is 89.5 Å². The third kappa shape index (κ3) is 3.45. The molecule has 0 bridgehead atoms. The molecule has 1 radical (unpaired) electrons. The second-order valence-electron chi connectivity index (χ2n) is 3.39. The van der Waals surface area contributed by atoms with Crippen LogP contribution < -0.4 is 5.32 Å². The largest absolute Gasteiger partial charge is 0.379 e. The van der Waals surface area contributed by atoms with Crippen LogP contribution in [0.5, 0.6) is 0 Å². The van der Waals surface area contributed by atoms with E-state index >= 15 is 0 Å². The minimum Gasteiger partial charge on any atom is -0.379 e. The Morgan fingerprint density at radius 3 is 2.80 bits per heavy atom. The predicted molar refractivity (Wildman–Crippen MR) is 56.6 cm³/mol. The molecule has 0 amide bonds. The number of morpholine rings is 1. The first-order valence-corrected chi connectivity index (χ1v) is 5.17. The van der Waals surface area contributed by atoms with Crippen molar-refractivity contribution in [2.24, 2.45) is 0 Å². The van der Waals surface area contributed by atoms with E-state index in [4.69, 9.17) is 4.74 Å². The number of aromatic nitrogens is 2. The smallest absolute Gasteiger partial charge is 0.222 e. The average molecular weight is 207 g/mol. The maximum atomic E-state index is 5.27. The molecule has 81 valence electrons. The van der Waals surface area contributed by atoms with Gasteiger partial charge in [0.15, 0.2) is 0 Å². The Hall–Kier alpha value is -1.20. The highest BCUT2D eigenvalue weighted by Gasteiger charge is 2.09. The molecular weight excluding hydrogens is 192 g/mol. The summed E-state index contributed by atoms with van der Waals surface area (Å²) in [5.74, 6) is 0.669. The van der Waals surface area contributed by atoms with Gasteiger partial charge in [-0.3, -0.25) is 4.90 Å². The number of nitrogens with one attached hydrogen (secondary N) is 1. The number of hydrogen-bond donors (Lipinski definition) is 1. The van der Waals surface area contributed by atoms with Gasteiger partial charge in [0.25, 0.3) is 0 Å². The van der Waals surface area contributed by atoms with E-state index in [1.54, 1.807) is 12.4 Å². The Kier molecular flexibility index (Phi) is 3.87. The fourth-order valence-corrected chi connectivity index (χ4v) is 1.51. The van der Waals surface area contributed by atoms with Gasteiger partial charge < -0.3 is 10.1 Å². The molecule has 1 aliphatic heterocycles. The zero-order chi connectivity index (χ0) is 10.3. The summed E-state index contributed by atoms with van der Waals surface area (Å²) < 4.78 is 5.27. The molecule has 1 saturated heterocycles. The number of hydrogen-bond acceptors (Lipinski definition) is 5. The van der Waals surface area contributed by atoms with Crippen molar-refractivity contribution in [3.63, 3.8) is 0 Å². The maximum absolute atomic E-state index is 5.27. The van der Waals surface area contributed by atoms with Crippen LogP contribution in [0.3, 0.4) is 0 Å². The van der Waals surface area contributed by atoms with Gasteiger partial charge in [-0.2, -0.15) is 0 Å². The molecule has 1 aromatic heterocycles. The molecule has 0 aromatic carbocycles. The van der Waals surface area contributed by atoms with Crippen LogP contribution in [0.4, 0.5) is 5.95 Å². The van der Waals surface area contributed by atoms with Gasteiger partial charge in [-0.1, -0.05) is 0 Å². The van der Waals surface area contributed by atoms with E-state index in [0.717, 1.165) is 39.4 Å². The Morgan fingerprint density at radius 2 is 2.07 bits per heavy atom. The van der Waals surface area contributed by atoms with E-state index in [0.29, 0.717) is 5.95 Å². The summed E-state index contributed by atoms with van der Waals surface area (Å²) in [6.07, 6.45) is 3.23. The van der Waals surface area contributed by atoms with E-state index in [2.05, 4.69) is 26.3 Å². The topological polar surface area (TPSA) is 50.3 Å². The van der Waals surface area contributed by atoms with Crippen molar-refractivity contribution in [1.82, 2.24) is 14.9 Å². The van der Waals surface area contributed by atoms with Crippen molar-refractivity contribution in [3.8, 4) is 0 Å². The fraction of sp³-hybridized carbons (Fsp3) is 0.600. The van der Waals surface area contributed by atoms with Crippen LogP contribution in [0.1, 0.15) is 0 Å². The summed E-state index contributed by atoms with van der Waals surface area (Å²) >= 11 is 0. The summed E-state index contributed by atoms with van der Waals surface area (Å²) in [5, 5.41) is 3.17. The molecule has 1 aromatic rings. The highest BCUT2D eigenvalue weighted by molar-refractivity contribution is 5.21. The quantitative estimate of drug-likeness (QED) is 0.754. The molecule has 0 saturated carbocycles. The number of ether oxygens (including phenoxy) is 1. The van der Waals surface area contributed by atoms with Gasteiger partial charge in [-0.05, 0) is 0 Å². The highest BCUT2D eigenvalue weighted by atomic mass is 16.5. The van der Waals surface area contributed by atoms with Crippen LogP contribution in [0.25, 0.3) is 0 Å². The minimum absolute atomic E-state index is 0.669. The Morgan fingerprint density at radius 1 is 1.33 bits per heavy atom. The summed E-state index contributed by atoms with van der Waals surface area (Å²) in [4.78, 5) is 10.4. The normalized spacial score (nSPS) is 17.6. The van der Waals surface area contributed by atoms with Crippen LogP contribution in [0.2, 0.25) is 0 Å². The molecule has 0 unspecified atom stereocenters. The molecule has 2 rings (SSSR count). The summed E-state index contributed by atoms with van der Waals surface area (Å²) in [7, 11) is 0. The zero-order valence-corrected chi connectivity index (χ0v) is 8.65. The molecule has 1 fully saturated rings. The fourth-order valence-electron chi connectivity index (χ4n) is 1.51. The van der Waals surface area contributed by atoms with Crippen molar-refractivity contribution in [1.29, 1.82) is 0 Å². The van der Waals surface area contributed by atoms with Crippen molar-refractivity contribution in [3.05, 3.63) is 18.5 Å². The molecule has 2 heterocycles. The third-order valence-corrected chi connectivity index (χ3v) is 2.34. The van der Waals surface area contributed by atoms with E-state index in [-0.39, 0.29) is 0 Å². The van der Waals surface area contributed by atoms with Gasteiger partial charge in [0.2, 0.25) is 5.95 Å². The Bertz CT molecular complexity index is 274. The molecule has 5 heteroatoms. The summed E-state index contributed by atoms with van der Waals surface area (Å²) in [6, 6.07) is 2.78. The van der Waals surface area contributed by atoms with Crippen molar-refractivity contribution in [2.75, 3.05) is 44.7 Å². The van der Waals surface area contributed by atoms with Crippen LogP contribution >= 0.6 is 0 Å². The molecule has 0 atom stereocenters. The molecule has 0 spiro atoms. The second-order valence-corrected chi connectivity index (χ2v) is 3.39. The molecule has 1 N–H and O–H groups in total. The lowest BCUT2D eigenvalue weighted by atomic mass is 10.4. The van der Waals surface area contributed by atoms with E-state index in [1.807, 2.05) is 0 Å². The van der Waals surface area contributed by atoms with Crippen LogP contribution in [0.15, 0.2) is 12.4 Å². The lowest BCUT2D eigenvalue weighted by Crippen LogP contribution is -2.39. The van der Waals surface area contributed by atoms with Crippen molar-refractivity contribution < 1.29 is 4.74 Å². The second kappa shape index (κ2) is 5.63. The van der Waals surface area contributed by atoms with E-state index in [1.165, 1.54) is 0 Å². The standard InChI is InChI=1S/C10H15N4O/c1-2-11-10(12-3-1)13-4-5-14-6-8-15-9-7-14/h2-3H,4-9H2,(H,11,12,13). The van der Waals surface area contributed by atoms with Gasteiger partial charge in [0, 0.05) is 44.6 Å². The summed E-state index contributed by atoms with van der Waals surface area (Å²) in [6.45, 7) is 5.60. The van der Waals surface area contributed by atoms with Crippen molar-refractivity contribution in [2.45, 2.75) is 0 Å². The van der Waals surface area contributed by atoms with Gasteiger partial charge in [0.1, 0.15) is 0 Å². The van der Waals surface area contributed by atoms with Gasteiger partial charge in [0.05, 0.1) is 13.2 Å². The predicted octanol–water partition coefficient (Wildman–Crippen LogP) is 0.0209. The summed E-state index contributed by atoms with van der Waals surface area (Å²) in [5.41, 5.74) is 0.